The van der Waals surface area contributed by atoms with Gasteiger partial charge in [0.25, 0.3) is 0 Å². The molecule has 5 heteroatoms. The molecular weight excluding hydrogens is 270 g/mol. The maximum Gasteiger partial charge on any atom is 0.334 e. The Morgan fingerprint density at radius 3 is 1.79 bits per heavy atom. The monoisotopic (exact) mass is 305 g/mol. The van der Waals surface area contributed by atoms with Crippen molar-refractivity contribution in [3.63, 3.8) is 0 Å². The van der Waals surface area contributed by atoms with Gasteiger partial charge in [0.2, 0.25) is 0 Å². The Hall–Kier alpha value is 0.314. The largest absolute Gasteiger partial charge is 0.398 e. The van der Waals surface area contributed by atoms with Gasteiger partial charge in [-0.05, 0) is 37.1 Å². The third kappa shape index (κ3) is 5.30. The van der Waals surface area contributed by atoms with Crippen LogP contribution in [0.15, 0.2) is 0 Å². The summed E-state index contributed by atoms with van der Waals surface area (Å²) >= 11 is 0. The molecule has 0 N–H and O–H groups in total. The van der Waals surface area contributed by atoms with Gasteiger partial charge in [-0.15, -0.1) is 0 Å². The lowest BCUT2D eigenvalue weighted by Gasteiger charge is -2.46. The van der Waals surface area contributed by atoms with Crippen molar-refractivity contribution in [3.8, 4) is 0 Å². The molecule has 0 rings (SSSR count). The summed E-state index contributed by atoms with van der Waals surface area (Å²) in [4.78, 5) is 0. The van der Waals surface area contributed by atoms with E-state index in [1.807, 2.05) is 0 Å². The van der Waals surface area contributed by atoms with Gasteiger partial charge in [0, 0.05) is 14.2 Å². The van der Waals surface area contributed by atoms with E-state index in [1.165, 1.54) is 13.0 Å². The Balaban J connectivity index is 4.53. The zero-order valence-corrected chi connectivity index (χ0v) is 16.6. The Labute approximate surface area is 123 Å². The lowest BCUT2D eigenvalue weighted by molar-refractivity contribution is 0.246. The molecule has 0 fully saturated rings. The van der Waals surface area contributed by atoms with Gasteiger partial charge < -0.3 is 13.4 Å². The number of hydrogen-bond acceptors (Lipinski definition) is 3. The zero-order chi connectivity index (χ0) is 15.3. The second-order valence-electron chi connectivity index (χ2n) is 7.03. The van der Waals surface area contributed by atoms with E-state index in [1.54, 1.807) is 14.2 Å². The standard InChI is InChI=1S/C14H35NO2Si2/c1-10-15(18(7,8)14(2,3)4)12-11-13-19(9,16-5)17-6/h10-13H2,1-9H3. The molecule has 0 saturated carbocycles. The highest BCUT2D eigenvalue weighted by molar-refractivity contribution is 6.77. The molecular formula is C14H35NO2Si2. The number of nitrogens with zero attached hydrogens (tertiary/aromatic N) is 1. The van der Waals surface area contributed by atoms with Crippen LogP contribution in [0.2, 0.25) is 30.7 Å². The van der Waals surface area contributed by atoms with E-state index in [0.717, 1.165) is 12.6 Å². The summed E-state index contributed by atoms with van der Waals surface area (Å²) in [7, 11) is 0.281. The molecule has 0 aromatic carbocycles. The SMILES string of the molecule is CCN(CCC[Si](C)(OC)OC)[Si](C)(C)C(C)(C)C. The molecule has 0 unspecified atom stereocenters. The van der Waals surface area contributed by atoms with Crippen molar-refractivity contribution >= 4 is 16.8 Å². The molecule has 116 valence electrons. The summed E-state index contributed by atoms with van der Waals surface area (Å²) in [5.41, 5.74) is 0. The second-order valence-corrected chi connectivity index (χ2v) is 15.9. The Kier molecular flexibility index (Phi) is 7.48. The second kappa shape index (κ2) is 7.36. The Morgan fingerprint density at radius 1 is 1.00 bits per heavy atom. The average Bonchev–Trinajstić information content (AvgIpc) is 2.32. The van der Waals surface area contributed by atoms with Gasteiger partial charge in [-0.2, -0.15) is 0 Å². The van der Waals surface area contributed by atoms with E-state index in [-0.39, 0.29) is 0 Å². The van der Waals surface area contributed by atoms with E-state index in [9.17, 15) is 0 Å². The molecule has 3 nitrogen and oxygen atoms in total. The molecule has 0 amide bonds. The molecule has 19 heavy (non-hydrogen) atoms. The van der Waals surface area contributed by atoms with Crippen molar-refractivity contribution in [2.75, 3.05) is 27.3 Å². The van der Waals surface area contributed by atoms with Gasteiger partial charge in [-0.25, -0.2) is 0 Å². The normalized spacial score (nSPS) is 14.2. The average molecular weight is 306 g/mol. The summed E-state index contributed by atoms with van der Waals surface area (Å²) in [6, 6.07) is 1.07. The van der Waals surface area contributed by atoms with Gasteiger partial charge in [0.1, 0.15) is 8.24 Å². The third-order valence-corrected chi connectivity index (χ3v) is 13.7. The van der Waals surface area contributed by atoms with E-state index in [4.69, 9.17) is 8.85 Å². The van der Waals surface area contributed by atoms with Crippen LogP contribution < -0.4 is 0 Å². The first-order chi connectivity index (χ1) is 8.54. The summed E-state index contributed by atoms with van der Waals surface area (Å²) in [6.45, 7) is 18.9. The van der Waals surface area contributed by atoms with Crippen LogP contribution in [-0.2, 0) is 8.85 Å². The predicted molar refractivity (Wildman–Crippen MR) is 89.5 cm³/mol. The number of rotatable bonds is 8. The van der Waals surface area contributed by atoms with Crippen molar-refractivity contribution < 1.29 is 8.85 Å². The highest BCUT2D eigenvalue weighted by Crippen LogP contribution is 2.38. The minimum atomic E-state index is -1.89. The summed E-state index contributed by atoms with van der Waals surface area (Å²) < 4.78 is 13.8. The molecule has 0 aromatic rings. The van der Waals surface area contributed by atoms with Gasteiger partial charge >= 0.3 is 8.56 Å². The van der Waals surface area contributed by atoms with Crippen molar-refractivity contribution in [1.29, 1.82) is 0 Å². The van der Waals surface area contributed by atoms with Crippen molar-refractivity contribution in [3.05, 3.63) is 0 Å². The fraction of sp³-hybridized carbons (Fsp3) is 1.00. The minimum Gasteiger partial charge on any atom is -0.398 e. The molecule has 0 aliphatic heterocycles. The van der Waals surface area contributed by atoms with Gasteiger partial charge in [-0.3, -0.25) is 0 Å². The maximum atomic E-state index is 5.56. The van der Waals surface area contributed by atoms with E-state index in [2.05, 4.69) is 51.9 Å². The van der Waals surface area contributed by atoms with E-state index in [0.29, 0.717) is 5.04 Å². The van der Waals surface area contributed by atoms with Crippen molar-refractivity contribution in [2.24, 2.45) is 0 Å². The molecule has 0 aliphatic rings. The molecule has 0 aromatic heterocycles. The quantitative estimate of drug-likeness (QED) is 0.631. The first kappa shape index (κ1) is 19.3. The van der Waals surface area contributed by atoms with Crippen LogP contribution in [0.5, 0.6) is 0 Å². The first-order valence-electron chi connectivity index (χ1n) is 7.39. The highest BCUT2D eigenvalue weighted by Gasteiger charge is 2.40. The topological polar surface area (TPSA) is 21.7 Å². The summed E-state index contributed by atoms with van der Waals surface area (Å²) in [5, 5.41) is 0.409. The van der Waals surface area contributed by atoms with Gasteiger partial charge in [0.15, 0.2) is 0 Å². The third-order valence-electron chi connectivity index (χ3n) is 4.93. The van der Waals surface area contributed by atoms with E-state index < -0.39 is 16.8 Å². The van der Waals surface area contributed by atoms with E-state index >= 15 is 0 Å². The Morgan fingerprint density at radius 2 is 1.47 bits per heavy atom. The van der Waals surface area contributed by atoms with Gasteiger partial charge in [-0.1, -0.05) is 40.8 Å². The smallest absolute Gasteiger partial charge is 0.334 e. The number of hydrogen-bond donors (Lipinski definition) is 0. The van der Waals surface area contributed by atoms with Crippen LogP contribution in [-0.4, -0.2) is 48.7 Å². The maximum absolute atomic E-state index is 5.56. The molecule has 0 radical (unpaired) electrons. The van der Waals surface area contributed by atoms with Crippen LogP contribution in [0.1, 0.15) is 34.1 Å². The highest BCUT2D eigenvalue weighted by atomic mass is 28.4. The zero-order valence-electron chi connectivity index (χ0n) is 14.6. The lowest BCUT2D eigenvalue weighted by atomic mass is 10.2. The summed E-state index contributed by atoms with van der Waals surface area (Å²) in [6.07, 6.45) is 1.17. The van der Waals surface area contributed by atoms with Crippen LogP contribution in [0.4, 0.5) is 0 Å². The molecule has 0 saturated heterocycles. The predicted octanol–water partition coefficient (Wildman–Crippen LogP) is 4.07. The minimum absolute atomic E-state index is 0.409. The van der Waals surface area contributed by atoms with Crippen molar-refractivity contribution in [2.45, 2.75) is 64.8 Å². The molecule has 0 atom stereocenters. The molecule has 0 heterocycles. The lowest BCUT2D eigenvalue weighted by Crippen LogP contribution is -2.55. The summed E-state index contributed by atoms with van der Waals surface area (Å²) in [5.74, 6) is 0. The first-order valence-corrected chi connectivity index (χ1v) is 12.9. The fourth-order valence-corrected chi connectivity index (χ4v) is 6.02. The molecule has 0 spiro atoms. The fourth-order valence-electron chi connectivity index (χ4n) is 2.19. The molecule has 0 bridgehead atoms. The van der Waals surface area contributed by atoms with Crippen LogP contribution in [0.3, 0.4) is 0 Å². The van der Waals surface area contributed by atoms with Crippen LogP contribution in [0, 0.1) is 0 Å². The Bertz CT molecular complexity index is 261. The van der Waals surface area contributed by atoms with Crippen LogP contribution in [0.25, 0.3) is 0 Å². The molecule has 0 aliphatic carbocycles. The van der Waals surface area contributed by atoms with Crippen LogP contribution >= 0.6 is 0 Å². The van der Waals surface area contributed by atoms with Gasteiger partial charge in [0.05, 0.1) is 0 Å². The van der Waals surface area contributed by atoms with Crippen molar-refractivity contribution in [1.82, 2.24) is 4.57 Å².